The number of aromatic nitrogens is 5. The van der Waals surface area contributed by atoms with Crippen LogP contribution in [0.25, 0.3) is 17.2 Å². The molecule has 154 valence electrons. The second-order valence-electron chi connectivity index (χ2n) is 7.32. The summed E-state index contributed by atoms with van der Waals surface area (Å²) in [5, 5.41) is 8.31. The third-order valence-electron chi connectivity index (χ3n) is 5.29. The fourth-order valence-corrected chi connectivity index (χ4v) is 4.04. The third-order valence-corrected chi connectivity index (χ3v) is 5.49. The third kappa shape index (κ3) is 3.81. The van der Waals surface area contributed by atoms with E-state index in [1.165, 1.54) is 10.1 Å². The van der Waals surface area contributed by atoms with Gasteiger partial charge in [0.25, 0.3) is 0 Å². The maximum Gasteiger partial charge on any atom is 0.225 e. The summed E-state index contributed by atoms with van der Waals surface area (Å²) in [4.78, 5) is 15.4. The molecule has 0 bridgehead atoms. The Hall–Kier alpha value is -3.17. The van der Waals surface area contributed by atoms with Crippen molar-refractivity contribution in [3.8, 4) is 11.6 Å². The second kappa shape index (κ2) is 7.92. The molecule has 0 aromatic carbocycles. The van der Waals surface area contributed by atoms with Gasteiger partial charge in [0.2, 0.25) is 11.8 Å². The van der Waals surface area contributed by atoms with Gasteiger partial charge in [0, 0.05) is 31.4 Å². The fourth-order valence-electron chi connectivity index (χ4n) is 3.84. The highest BCUT2D eigenvalue weighted by Gasteiger charge is 2.24. The Morgan fingerprint density at radius 1 is 1.27 bits per heavy atom. The number of nitrogens with zero attached hydrogens (tertiary/aromatic N) is 6. The predicted molar refractivity (Wildman–Crippen MR) is 114 cm³/mol. The second-order valence-corrected chi connectivity index (χ2v) is 7.70. The van der Waals surface area contributed by atoms with E-state index in [2.05, 4.69) is 30.3 Å². The van der Waals surface area contributed by atoms with Crippen molar-refractivity contribution < 1.29 is 4.42 Å². The SMILES string of the molecule is Nc1nc(NCC2CCCN2Cc2ccnc(Cl)c2)cc2nc(-c3ccco3)nn12. The van der Waals surface area contributed by atoms with Gasteiger partial charge in [0.15, 0.2) is 11.4 Å². The summed E-state index contributed by atoms with van der Waals surface area (Å²) in [6, 6.07) is 9.77. The Morgan fingerprint density at radius 3 is 3.03 bits per heavy atom. The van der Waals surface area contributed by atoms with E-state index in [0.717, 1.165) is 32.5 Å². The lowest BCUT2D eigenvalue weighted by molar-refractivity contribution is 0.254. The van der Waals surface area contributed by atoms with Gasteiger partial charge in [-0.25, -0.2) is 9.97 Å². The lowest BCUT2D eigenvalue weighted by atomic mass is 10.2. The van der Waals surface area contributed by atoms with Crippen LogP contribution in [-0.4, -0.2) is 48.6 Å². The van der Waals surface area contributed by atoms with Crippen LogP contribution in [0.3, 0.4) is 0 Å². The van der Waals surface area contributed by atoms with E-state index in [4.69, 9.17) is 21.8 Å². The largest absolute Gasteiger partial charge is 0.461 e. The topological polar surface area (TPSA) is 110 Å². The molecule has 1 fully saturated rings. The van der Waals surface area contributed by atoms with Gasteiger partial charge in [-0.05, 0) is 49.2 Å². The first-order chi connectivity index (χ1) is 14.7. The first kappa shape index (κ1) is 18.8. The van der Waals surface area contributed by atoms with Crippen molar-refractivity contribution in [3.05, 3.63) is 53.5 Å². The summed E-state index contributed by atoms with van der Waals surface area (Å²) in [5.41, 5.74) is 7.88. The molecule has 5 rings (SSSR count). The van der Waals surface area contributed by atoms with Crippen LogP contribution in [0, 0.1) is 0 Å². The van der Waals surface area contributed by atoms with Gasteiger partial charge in [-0.3, -0.25) is 4.90 Å². The van der Waals surface area contributed by atoms with Gasteiger partial charge in [-0.15, -0.1) is 5.10 Å². The molecule has 1 saturated heterocycles. The number of rotatable bonds is 6. The predicted octanol–water partition coefficient (Wildman–Crippen LogP) is 3.09. The molecule has 5 heterocycles. The van der Waals surface area contributed by atoms with Gasteiger partial charge in [0.1, 0.15) is 11.0 Å². The highest BCUT2D eigenvalue weighted by Crippen LogP contribution is 2.23. The van der Waals surface area contributed by atoms with Crippen LogP contribution >= 0.6 is 11.6 Å². The van der Waals surface area contributed by atoms with Crippen molar-refractivity contribution in [2.75, 3.05) is 24.1 Å². The average Bonchev–Trinajstić information content (AvgIpc) is 3.47. The molecule has 30 heavy (non-hydrogen) atoms. The first-order valence-electron chi connectivity index (χ1n) is 9.81. The highest BCUT2D eigenvalue weighted by atomic mass is 35.5. The van der Waals surface area contributed by atoms with Crippen LogP contribution in [0.5, 0.6) is 0 Å². The Labute approximate surface area is 177 Å². The lowest BCUT2D eigenvalue weighted by Gasteiger charge is -2.25. The number of nitrogens with one attached hydrogen (secondary N) is 1. The summed E-state index contributed by atoms with van der Waals surface area (Å²) in [5.74, 6) is 2.02. The van der Waals surface area contributed by atoms with Gasteiger partial charge in [0.05, 0.1) is 6.26 Å². The number of hydrogen-bond donors (Lipinski definition) is 2. The number of furan rings is 1. The number of fused-ring (bicyclic) bond motifs is 1. The molecule has 4 aromatic heterocycles. The number of pyridine rings is 1. The number of likely N-dealkylation sites (tertiary alicyclic amines) is 1. The van der Waals surface area contributed by atoms with Crippen molar-refractivity contribution in [2.45, 2.75) is 25.4 Å². The van der Waals surface area contributed by atoms with Crippen molar-refractivity contribution in [2.24, 2.45) is 0 Å². The molecule has 4 aromatic rings. The van der Waals surface area contributed by atoms with Crippen LogP contribution in [-0.2, 0) is 6.54 Å². The van der Waals surface area contributed by atoms with E-state index in [0.29, 0.717) is 34.2 Å². The van der Waals surface area contributed by atoms with E-state index >= 15 is 0 Å². The quantitative estimate of drug-likeness (QED) is 0.454. The smallest absolute Gasteiger partial charge is 0.225 e. The molecule has 1 atom stereocenters. The fraction of sp³-hybridized carbons (Fsp3) is 0.300. The van der Waals surface area contributed by atoms with E-state index in [9.17, 15) is 0 Å². The summed E-state index contributed by atoms with van der Waals surface area (Å²) in [6.45, 7) is 2.66. The van der Waals surface area contributed by atoms with Crippen molar-refractivity contribution >= 4 is 29.0 Å². The molecule has 9 nitrogen and oxygen atoms in total. The van der Waals surface area contributed by atoms with Crippen molar-refractivity contribution in [3.63, 3.8) is 0 Å². The Morgan fingerprint density at radius 2 is 2.20 bits per heavy atom. The maximum absolute atomic E-state index is 6.10. The molecule has 0 aliphatic carbocycles. The van der Waals surface area contributed by atoms with E-state index < -0.39 is 0 Å². The first-order valence-corrected chi connectivity index (χ1v) is 10.2. The van der Waals surface area contributed by atoms with E-state index in [-0.39, 0.29) is 5.95 Å². The van der Waals surface area contributed by atoms with E-state index in [1.807, 2.05) is 24.3 Å². The molecule has 0 spiro atoms. The number of hydrogen-bond acceptors (Lipinski definition) is 8. The monoisotopic (exact) mass is 424 g/mol. The minimum Gasteiger partial charge on any atom is -0.461 e. The van der Waals surface area contributed by atoms with Crippen molar-refractivity contribution in [1.82, 2.24) is 29.5 Å². The molecule has 3 N–H and O–H groups in total. The lowest BCUT2D eigenvalue weighted by Crippen LogP contribution is -2.34. The van der Waals surface area contributed by atoms with Crippen LogP contribution in [0.4, 0.5) is 11.8 Å². The van der Waals surface area contributed by atoms with Crippen LogP contribution in [0.15, 0.2) is 47.2 Å². The Kier molecular flexibility index (Phi) is 4.97. The Bertz CT molecular complexity index is 1160. The summed E-state index contributed by atoms with van der Waals surface area (Å²) >= 11 is 6.02. The summed E-state index contributed by atoms with van der Waals surface area (Å²) in [7, 11) is 0. The zero-order valence-corrected chi connectivity index (χ0v) is 17.0. The van der Waals surface area contributed by atoms with Gasteiger partial charge in [-0.2, -0.15) is 9.50 Å². The average molecular weight is 425 g/mol. The summed E-state index contributed by atoms with van der Waals surface area (Å²) in [6.07, 6.45) is 5.62. The normalized spacial score (nSPS) is 17.0. The minimum atomic E-state index is 0.273. The molecule has 0 saturated carbocycles. The molecule has 1 unspecified atom stereocenters. The van der Waals surface area contributed by atoms with Gasteiger partial charge < -0.3 is 15.5 Å². The zero-order valence-electron chi connectivity index (χ0n) is 16.2. The maximum atomic E-state index is 6.10. The molecule has 1 aliphatic heterocycles. The zero-order chi connectivity index (χ0) is 20.5. The number of halogens is 1. The highest BCUT2D eigenvalue weighted by molar-refractivity contribution is 6.29. The number of anilines is 2. The van der Waals surface area contributed by atoms with Gasteiger partial charge >= 0.3 is 0 Å². The molecular weight excluding hydrogens is 404 g/mol. The van der Waals surface area contributed by atoms with Crippen molar-refractivity contribution in [1.29, 1.82) is 0 Å². The van der Waals surface area contributed by atoms with E-state index in [1.54, 1.807) is 18.5 Å². The van der Waals surface area contributed by atoms with Crippen LogP contribution in [0.1, 0.15) is 18.4 Å². The summed E-state index contributed by atoms with van der Waals surface area (Å²) < 4.78 is 6.88. The molecule has 0 radical (unpaired) electrons. The molecular formula is C20H21ClN8O. The standard InChI is InChI=1S/C20H21ClN8O/c21-16-9-13(5-6-23-16)12-28-7-1-3-14(28)11-24-17-10-18-26-19(15-4-2-8-30-15)27-29(18)20(22)25-17/h2,4-6,8-10,14,24H,1,3,7,11-12H2,(H2,22,25). The van der Waals surface area contributed by atoms with Gasteiger partial charge in [-0.1, -0.05) is 11.6 Å². The minimum absolute atomic E-state index is 0.273. The van der Waals surface area contributed by atoms with Crippen LogP contribution < -0.4 is 11.1 Å². The molecule has 10 heteroatoms. The molecule has 1 aliphatic rings. The number of nitrogens with two attached hydrogens (primary N) is 1. The number of nitrogen functional groups attached to an aromatic ring is 1. The molecule has 0 amide bonds. The van der Waals surface area contributed by atoms with Crippen LogP contribution in [0.2, 0.25) is 5.15 Å². The Balaban J connectivity index is 1.29.